The molecular weight excluding hydrogens is 240 g/mol. The first-order valence-corrected chi connectivity index (χ1v) is 5.76. The van der Waals surface area contributed by atoms with Crippen molar-refractivity contribution in [2.45, 2.75) is 0 Å². The molecule has 94 valence electrons. The molecule has 0 aliphatic heterocycles. The van der Waals surface area contributed by atoms with Crippen LogP contribution >= 0.6 is 0 Å². The summed E-state index contributed by atoms with van der Waals surface area (Å²) in [6.07, 6.45) is 5.41. The maximum atomic E-state index is 5.25. The summed E-state index contributed by atoms with van der Waals surface area (Å²) >= 11 is 0. The first-order chi connectivity index (χ1) is 9.36. The normalized spacial score (nSPS) is 10.4. The lowest BCUT2D eigenvalue weighted by Gasteiger charge is -2.04. The van der Waals surface area contributed by atoms with Gasteiger partial charge in [-0.25, -0.2) is 10.8 Å². The quantitative estimate of drug-likeness (QED) is 0.546. The van der Waals surface area contributed by atoms with Crippen LogP contribution in [0.25, 0.3) is 16.9 Å². The van der Waals surface area contributed by atoms with Gasteiger partial charge in [-0.15, -0.1) is 10.2 Å². The number of rotatable bonds is 3. The number of aromatic nitrogens is 4. The van der Waals surface area contributed by atoms with E-state index in [0.717, 1.165) is 16.9 Å². The Bertz CT molecular complexity index is 643. The summed E-state index contributed by atoms with van der Waals surface area (Å²) < 4.78 is 1.94. The van der Waals surface area contributed by atoms with E-state index in [4.69, 9.17) is 5.84 Å². The molecule has 0 atom stereocenters. The molecule has 0 spiro atoms. The average Bonchev–Trinajstić information content (AvgIpc) is 3.02. The molecule has 2 heterocycles. The molecule has 0 fully saturated rings. The lowest BCUT2D eigenvalue weighted by atomic mass is 10.1. The summed E-state index contributed by atoms with van der Waals surface area (Å²) in [7, 11) is 0. The van der Waals surface area contributed by atoms with E-state index in [0.29, 0.717) is 5.82 Å². The molecule has 3 N–H and O–H groups in total. The standard InChI is InChI=1S/C13H12N6/c14-16-13-6-5-12(17-18-13)10-1-3-11(4-2-10)19-8-7-15-9-19/h1-9H,14H2,(H,16,18). The Kier molecular flexibility index (Phi) is 2.91. The van der Waals surface area contributed by atoms with Crippen LogP contribution in [0.1, 0.15) is 0 Å². The molecule has 3 aromatic rings. The highest BCUT2D eigenvalue weighted by Crippen LogP contribution is 2.19. The van der Waals surface area contributed by atoms with Crippen LogP contribution in [0.2, 0.25) is 0 Å². The van der Waals surface area contributed by atoms with Gasteiger partial charge in [-0.05, 0) is 24.3 Å². The van der Waals surface area contributed by atoms with Gasteiger partial charge in [0, 0.05) is 23.6 Å². The number of anilines is 1. The molecular formula is C13H12N6. The van der Waals surface area contributed by atoms with Gasteiger partial charge in [0.2, 0.25) is 0 Å². The largest absolute Gasteiger partial charge is 0.307 e. The molecule has 2 aromatic heterocycles. The fourth-order valence-electron chi connectivity index (χ4n) is 1.78. The van der Waals surface area contributed by atoms with E-state index >= 15 is 0 Å². The molecule has 0 aliphatic carbocycles. The number of nitrogen functional groups attached to an aromatic ring is 1. The zero-order valence-electron chi connectivity index (χ0n) is 10.1. The van der Waals surface area contributed by atoms with E-state index in [-0.39, 0.29) is 0 Å². The zero-order chi connectivity index (χ0) is 13.1. The minimum atomic E-state index is 0.541. The maximum Gasteiger partial charge on any atom is 0.162 e. The fourth-order valence-corrected chi connectivity index (χ4v) is 1.78. The van der Waals surface area contributed by atoms with Gasteiger partial charge in [-0.3, -0.25) is 0 Å². The molecule has 6 heteroatoms. The van der Waals surface area contributed by atoms with E-state index in [2.05, 4.69) is 20.6 Å². The van der Waals surface area contributed by atoms with Crippen LogP contribution < -0.4 is 11.3 Å². The third-order valence-corrected chi connectivity index (χ3v) is 2.78. The van der Waals surface area contributed by atoms with Gasteiger partial charge >= 0.3 is 0 Å². The number of hydrogen-bond acceptors (Lipinski definition) is 5. The molecule has 1 aromatic carbocycles. The topological polar surface area (TPSA) is 81.6 Å². The van der Waals surface area contributed by atoms with Gasteiger partial charge < -0.3 is 9.99 Å². The predicted molar refractivity (Wildman–Crippen MR) is 72.4 cm³/mol. The summed E-state index contributed by atoms with van der Waals surface area (Å²) in [5.74, 6) is 5.79. The number of nitrogens with zero attached hydrogens (tertiary/aromatic N) is 4. The van der Waals surface area contributed by atoms with E-state index in [1.807, 2.05) is 41.1 Å². The highest BCUT2D eigenvalue weighted by Gasteiger charge is 2.01. The lowest BCUT2D eigenvalue weighted by Crippen LogP contribution is -2.08. The highest BCUT2D eigenvalue weighted by molar-refractivity contribution is 5.61. The molecule has 19 heavy (non-hydrogen) atoms. The van der Waals surface area contributed by atoms with Crippen LogP contribution in [0.4, 0.5) is 5.82 Å². The van der Waals surface area contributed by atoms with Crippen LogP contribution in [0.5, 0.6) is 0 Å². The van der Waals surface area contributed by atoms with Crippen molar-refractivity contribution in [1.82, 2.24) is 19.7 Å². The second kappa shape index (κ2) is 4.87. The average molecular weight is 252 g/mol. The van der Waals surface area contributed by atoms with Gasteiger partial charge in [0.25, 0.3) is 0 Å². The third kappa shape index (κ3) is 2.29. The Balaban J connectivity index is 1.89. The van der Waals surface area contributed by atoms with Crippen LogP contribution in [0, 0.1) is 0 Å². The van der Waals surface area contributed by atoms with Crippen molar-refractivity contribution in [1.29, 1.82) is 0 Å². The SMILES string of the molecule is NNc1ccc(-c2ccc(-n3ccnc3)cc2)nn1. The summed E-state index contributed by atoms with van der Waals surface area (Å²) in [5, 5.41) is 8.05. The van der Waals surface area contributed by atoms with Gasteiger partial charge in [0.15, 0.2) is 5.82 Å². The van der Waals surface area contributed by atoms with Gasteiger partial charge in [0.05, 0.1) is 12.0 Å². The number of nitrogens with two attached hydrogens (primary N) is 1. The first kappa shape index (κ1) is 11.4. The van der Waals surface area contributed by atoms with E-state index in [1.54, 1.807) is 18.6 Å². The molecule has 3 rings (SSSR count). The molecule has 0 saturated carbocycles. The molecule has 0 unspecified atom stereocenters. The summed E-state index contributed by atoms with van der Waals surface area (Å²) in [4.78, 5) is 4.02. The Morgan fingerprint density at radius 2 is 1.84 bits per heavy atom. The smallest absolute Gasteiger partial charge is 0.162 e. The molecule has 0 radical (unpaired) electrons. The Morgan fingerprint density at radius 1 is 1.00 bits per heavy atom. The maximum absolute atomic E-state index is 5.25. The number of hydrogen-bond donors (Lipinski definition) is 2. The van der Waals surface area contributed by atoms with Crippen molar-refractivity contribution in [2.24, 2.45) is 5.84 Å². The predicted octanol–water partition coefficient (Wildman–Crippen LogP) is 1.61. The van der Waals surface area contributed by atoms with Crippen LogP contribution in [-0.4, -0.2) is 19.7 Å². The molecule has 0 amide bonds. The highest BCUT2D eigenvalue weighted by atomic mass is 15.3. The second-order valence-corrected chi connectivity index (χ2v) is 3.96. The van der Waals surface area contributed by atoms with Crippen molar-refractivity contribution >= 4 is 5.82 Å². The zero-order valence-corrected chi connectivity index (χ0v) is 10.1. The minimum Gasteiger partial charge on any atom is -0.307 e. The summed E-state index contributed by atoms with van der Waals surface area (Å²) in [5.41, 5.74) is 5.30. The number of imidazole rings is 1. The Morgan fingerprint density at radius 3 is 2.42 bits per heavy atom. The van der Waals surface area contributed by atoms with Crippen molar-refractivity contribution in [3.05, 3.63) is 55.1 Å². The van der Waals surface area contributed by atoms with Crippen LogP contribution in [0.3, 0.4) is 0 Å². The Labute approximate surface area is 109 Å². The minimum absolute atomic E-state index is 0.541. The van der Waals surface area contributed by atoms with Gasteiger partial charge in [-0.2, -0.15) is 0 Å². The van der Waals surface area contributed by atoms with Gasteiger partial charge in [-0.1, -0.05) is 12.1 Å². The van der Waals surface area contributed by atoms with Crippen LogP contribution in [-0.2, 0) is 0 Å². The third-order valence-electron chi connectivity index (χ3n) is 2.78. The molecule has 0 saturated heterocycles. The first-order valence-electron chi connectivity index (χ1n) is 5.76. The fraction of sp³-hybridized carbons (Fsp3) is 0. The summed E-state index contributed by atoms with van der Waals surface area (Å²) in [6, 6.07) is 11.7. The van der Waals surface area contributed by atoms with E-state index < -0.39 is 0 Å². The number of hydrazine groups is 1. The summed E-state index contributed by atoms with van der Waals surface area (Å²) in [6.45, 7) is 0. The van der Waals surface area contributed by atoms with E-state index in [1.165, 1.54) is 0 Å². The second-order valence-electron chi connectivity index (χ2n) is 3.96. The Hall–Kier alpha value is -2.73. The molecule has 0 bridgehead atoms. The molecule has 6 nitrogen and oxygen atoms in total. The van der Waals surface area contributed by atoms with Crippen LogP contribution in [0.15, 0.2) is 55.1 Å². The van der Waals surface area contributed by atoms with E-state index in [9.17, 15) is 0 Å². The van der Waals surface area contributed by atoms with Crippen molar-refractivity contribution < 1.29 is 0 Å². The number of benzene rings is 1. The van der Waals surface area contributed by atoms with Crippen molar-refractivity contribution in [3.8, 4) is 16.9 Å². The lowest BCUT2D eigenvalue weighted by molar-refractivity contribution is 1.02. The van der Waals surface area contributed by atoms with Gasteiger partial charge in [0.1, 0.15) is 0 Å². The van der Waals surface area contributed by atoms with Crippen molar-refractivity contribution in [2.75, 3.05) is 5.43 Å². The molecule has 0 aliphatic rings. The number of nitrogens with one attached hydrogen (secondary N) is 1. The van der Waals surface area contributed by atoms with Crippen molar-refractivity contribution in [3.63, 3.8) is 0 Å². The monoisotopic (exact) mass is 252 g/mol.